The highest BCUT2D eigenvalue weighted by Crippen LogP contribution is 2.42. The molecule has 3 fully saturated rings. The van der Waals surface area contributed by atoms with E-state index in [1.54, 1.807) is 0 Å². The molecule has 0 aromatic heterocycles. The second-order valence-corrected chi connectivity index (χ2v) is 8.27. The molecule has 0 unspecified atom stereocenters. The molecule has 2 aliphatic heterocycles. The highest BCUT2D eigenvalue weighted by molar-refractivity contribution is 7.99. The summed E-state index contributed by atoms with van der Waals surface area (Å²) in [7, 11) is 0. The molecule has 3 heteroatoms. The molecule has 0 N–H and O–H groups in total. The summed E-state index contributed by atoms with van der Waals surface area (Å²) in [5, 5.41) is 0.850. The molecule has 116 valence electrons. The van der Waals surface area contributed by atoms with E-state index in [1.165, 1.54) is 83.8 Å². The van der Waals surface area contributed by atoms with Crippen LogP contribution < -0.4 is 0 Å². The molecule has 20 heavy (non-hydrogen) atoms. The third-order valence-corrected chi connectivity index (χ3v) is 6.66. The molecule has 1 aliphatic carbocycles. The van der Waals surface area contributed by atoms with Gasteiger partial charge in [0.25, 0.3) is 0 Å². The number of likely N-dealkylation sites (tertiary alicyclic amines) is 1. The molecule has 2 saturated heterocycles. The van der Waals surface area contributed by atoms with E-state index in [9.17, 15) is 0 Å². The predicted octanol–water partition coefficient (Wildman–Crippen LogP) is 4.09. The molecule has 2 heterocycles. The van der Waals surface area contributed by atoms with Crippen LogP contribution in [0.5, 0.6) is 0 Å². The van der Waals surface area contributed by atoms with Crippen molar-refractivity contribution in [1.29, 1.82) is 0 Å². The highest BCUT2D eigenvalue weighted by Gasteiger charge is 2.41. The summed E-state index contributed by atoms with van der Waals surface area (Å²) in [4.78, 5) is 2.70. The van der Waals surface area contributed by atoms with Crippen molar-refractivity contribution in [1.82, 2.24) is 4.90 Å². The molecule has 2 nitrogen and oxygen atoms in total. The maximum Gasteiger partial charge on any atom is 0.0710 e. The Balaban J connectivity index is 1.50. The van der Waals surface area contributed by atoms with E-state index in [-0.39, 0.29) is 0 Å². The Morgan fingerprint density at radius 3 is 2.70 bits per heavy atom. The largest absolute Gasteiger partial charge is 0.370 e. The third kappa shape index (κ3) is 3.72. The Hall–Kier alpha value is 0.270. The summed E-state index contributed by atoms with van der Waals surface area (Å²) < 4.78 is 6.55. The van der Waals surface area contributed by atoms with E-state index in [0.717, 1.165) is 5.25 Å². The zero-order valence-corrected chi connectivity index (χ0v) is 13.9. The zero-order valence-electron chi connectivity index (χ0n) is 13.1. The summed E-state index contributed by atoms with van der Waals surface area (Å²) in [6.07, 6.45) is 16.5. The van der Waals surface area contributed by atoms with E-state index in [0.29, 0.717) is 11.7 Å². The lowest BCUT2D eigenvalue weighted by molar-refractivity contribution is -0.0715. The number of hydrogen-bond acceptors (Lipinski definition) is 3. The highest BCUT2D eigenvalue weighted by atomic mass is 32.2. The summed E-state index contributed by atoms with van der Waals surface area (Å²) in [6, 6.07) is 0. The van der Waals surface area contributed by atoms with Crippen molar-refractivity contribution in [3.63, 3.8) is 0 Å². The number of rotatable bonds is 3. The monoisotopic (exact) mass is 297 g/mol. The van der Waals surface area contributed by atoms with Crippen LogP contribution >= 0.6 is 11.8 Å². The maximum absolute atomic E-state index is 6.55. The molecule has 0 aromatic rings. The van der Waals surface area contributed by atoms with Crippen LogP contribution in [0, 0.1) is 0 Å². The van der Waals surface area contributed by atoms with Gasteiger partial charge in [0.2, 0.25) is 0 Å². The van der Waals surface area contributed by atoms with Crippen LogP contribution in [0.3, 0.4) is 0 Å². The zero-order chi connectivity index (χ0) is 13.8. The molecule has 0 aromatic carbocycles. The quantitative estimate of drug-likeness (QED) is 0.778. The molecule has 0 radical (unpaired) electrons. The number of hydrogen-bond donors (Lipinski definition) is 0. The fourth-order valence-electron chi connectivity index (χ4n) is 4.41. The minimum atomic E-state index is 0.299. The normalized spacial score (nSPS) is 35.2. The maximum atomic E-state index is 6.55. The molecule has 2 atom stereocenters. The molecule has 0 amide bonds. The van der Waals surface area contributed by atoms with Crippen LogP contribution in [0.2, 0.25) is 0 Å². The van der Waals surface area contributed by atoms with Gasteiger partial charge in [0.15, 0.2) is 0 Å². The molecule has 3 rings (SSSR count). The van der Waals surface area contributed by atoms with Gasteiger partial charge in [-0.15, -0.1) is 0 Å². The van der Waals surface area contributed by atoms with Gasteiger partial charge < -0.3 is 4.74 Å². The first-order valence-corrected chi connectivity index (χ1v) is 10.0. The van der Waals surface area contributed by atoms with Gasteiger partial charge in [-0.25, -0.2) is 0 Å². The molecular weight excluding hydrogens is 266 g/mol. The first kappa shape index (κ1) is 15.2. The van der Waals surface area contributed by atoms with Crippen molar-refractivity contribution in [3.8, 4) is 0 Å². The molecule has 3 aliphatic rings. The van der Waals surface area contributed by atoms with Crippen molar-refractivity contribution in [2.24, 2.45) is 0 Å². The Morgan fingerprint density at radius 2 is 1.90 bits per heavy atom. The average molecular weight is 298 g/mol. The van der Waals surface area contributed by atoms with Gasteiger partial charge in [0, 0.05) is 18.3 Å². The molecule has 0 bridgehead atoms. The van der Waals surface area contributed by atoms with Crippen molar-refractivity contribution in [2.75, 3.05) is 25.9 Å². The second kappa shape index (κ2) is 7.02. The SMILES string of the molecule is CS[C@@H]1CCCCN(C[C@@H]2CCC3(CCCCC3)O2)C1. The molecule has 1 saturated carbocycles. The summed E-state index contributed by atoms with van der Waals surface area (Å²) in [5.74, 6) is 0. The van der Waals surface area contributed by atoms with Crippen LogP contribution in [-0.4, -0.2) is 47.7 Å². The first-order valence-electron chi connectivity index (χ1n) is 8.73. The minimum Gasteiger partial charge on any atom is -0.370 e. The van der Waals surface area contributed by atoms with Crippen molar-refractivity contribution < 1.29 is 4.74 Å². The van der Waals surface area contributed by atoms with Crippen molar-refractivity contribution in [2.45, 2.75) is 81.2 Å². The van der Waals surface area contributed by atoms with E-state index in [1.807, 2.05) is 0 Å². The fraction of sp³-hybridized carbons (Fsp3) is 1.00. The van der Waals surface area contributed by atoms with Gasteiger partial charge >= 0.3 is 0 Å². The Bertz CT molecular complexity index is 303. The minimum absolute atomic E-state index is 0.299. The van der Waals surface area contributed by atoms with Crippen LogP contribution in [0.4, 0.5) is 0 Å². The van der Waals surface area contributed by atoms with E-state index in [2.05, 4.69) is 22.9 Å². The van der Waals surface area contributed by atoms with Crippen LogP contribution in [0.25, 0.3) is 0 Å². The van der Waals surface area contributed by atoms with E-state index >= 15 is 0 Å². The summed E-state index contributed by atoms with van der Waals surface area (Å²) in [5.41, 5.74) is 0.299. The lowest BCUT2D eigenvalue weighted by Crippen LogP contribution is -2.38. The number of nitrogens with zero attached hydrogens (tertiary/aromatic N) is 1. The Morgan fingerprint density at radius 1 is 1.05 bits per heavy atom. The second-order valence-electron chi connectivity index (χ2n) is 7.14. The number of thioether (sulfide) groups is 1. The summed E-state index contributed by atoms with van der Waals surface area (Å²) >= 11 is 2.06. The first-order chi connectivity index (χ1) is 9.80. The fourth-order valence-corrected chi connectivity index (χ4v) is 5.17. The summed E-state index contributed by atoms with van der Waals surface area (Å²) in [6.45, 7) is 3.77. The smallest absolute Gasteiger partial charge is 0.0710 e. The van der Waals surface area contributed by atoms with Gasteiger partial charge in [-0.3, -0.25) is 4.90 Å². The molecule has 1 spiro atoms. The van der Waals surface area contributed by atoms with Crippen LogP contribution in [0.1, 0.15) is 64.2 Å². The number of ether oxygens (including phenoxy) is 1. The predicted molar refractivity (Wildman–Crippen MR) is 87.5 cm³/mol. The average Bonchev–Trinajstić information content (AvgIpc) is 2.71. The third-order valence-electron chi connectivity index (χ3n) is 5.61. The topological polar surface area (TPSA) is 12.5 Å². The van der Waals surface area contributed by atoms with Crippen molar-refractivity contribution in [3.05, 3.63) is 0 Å². The van der Waals surface area contributed by atoms with Gasteiger partial charge in [-0.05, 0) is 51.3 Å². The van der Waals surface area contributed by atoms with Gasteiger partial charge in [0.05, 0.1) is 11.7 Å². The lowest BCUT2D eigenvalue weighted by atomic mass is 9.83. The van der Waals surface area contributed by atoms with Gasteiger partial charge in [0.1, 0.15) is 0 Å². The standard InChI is InChI=1S/C17H31NOS/c1-20-16-7-3-6-12-18(14-16)13-15-8-11-17(19-15)9-4-2-5-10-17/h15-16H,2-14H2,1H3/t15-,16+/m0/s1. The van der Waals surface area contributed by atoms with E-state index < -0.39 is 0 Å². The van der Waals surface area contributed by atoms with Gasteiger partial charge in [-0.2, -0.15) is 11.8 Å². The Kier molecular flexibility index (Phi) is 5.33. The Labute approximate surface area is 129 Å². The van der Waals surface area contributed by atoms with Crippen molar-refractivity contribution >= 4 is 11.8 Å². The van der Waals surface area contributed by atoms with Gasteiger partial charge in [-0.1, -0.05) is 25.7 Å². The van der Waals surface area contributed by atoms with E-state index in [4.69, 9.17) is 4.74 Å². The van der Waals surface area contributed by atoms with Crippen LogP contribution in [-0.2, 0) is 4.74 Å². The lowest BCUT2D eigenvalue weighted by Gasteiger charge is -2.34. The molecular formula is C17H31NOS. The van der Waals surface area contributed by atoms with Crippen LogP contribution in [0.15, 0.2) is 0 Å².